The van der Waals surface area contributed by atoms with E-state index >= 15 is 0 Å². The molecule has 0 fully saturated rings. The zero-order chi connectivity index (χ0) is 35.5. The first-order chi connectivity index (χ1) is 23.2. The standard InChI is InChI=1S/C42H80O6/c1-6-7-8-9-15-22-27-32-40(43)46-35-39(48-42(45)34-29-24-19-14-13-17-21-26-31-38(4)5)36-47-41(44)33-28-23-18-12-10-11-16-20-25-30-37(2)3/h37-39H,6-36H2,1-5H3/t39-/m0/s1. The molecular weight excluding hydrogens is 600 g/mol. The first-order valence-corrected chi connectivity index (χ1v) is 20.7. The van der Waals surface area contributed by atoms with Crippen LogP contribution in [0.4, 0.5) is 0 Å². The van der Waals surface area contributed by atoms with Gasteiger partial charge in [-0.2, -0.15) is 0 Å². The molecule has 0 aliphatic rings. The summed E-state index contributed by atoms with van der Waals surface area (Å²) in [6.07, 6.45) is 31.0. The molecule has 0 heterocycles. The molecule has 0 saturated heterocycles. The van der Waals surface area contributed by atoms with Crippen molar-refractivity contribution in [2.75, 3.05) is 13.2 Å². The number of carbonyl (C=O) groups excluding carboxylic acids is 3. The molecule has 0 rings (SSSR count). The van der Waals surface area contributed by atoms with E-state index in [0.717, 1.165) is 69.6 Å². The third-order valence-corrected chi connectivity index (χ3v) is 9.22. The van der Waals surface area contributed by atoms with Crippen LogP contribution in [0.1, 0.15) is 221 Å². The van der Waals surface area contributed by atoms with Gasteiger partial charge in [-0.3, -0.25) is 14.4 Å². The van der Waals surface area contributed by atoms with Gasteiger partial charge in [0.25, 0.3) is 0 Å². The summed E-state index contributed by atoms with van der Waals surface area (Å²) < 4.78 is 16.6. The Morgan fingerprint density at radius 3 is 1.02 bits per heavy atom. The smallest absolute Gasteiger partial charge is 0.306 e. The van der Waals surface area contributed by atoms with E-state index in [-0.39, 0.29) is 31.1 Å². The highest BCUT2D eigenvalue weighted by molar-refractivity contribution is 5.71. The Morgan fingerprint density at radius 1 is 0.396 bits per heavy atom. The highest BCUT2D eigenvalue weighted by Crippen LogP contribution is 2.16. The molecule has 0 aromatic rings. The van der Waals surface area contributed by atoms with Crippen molar-refractivity contribution in [2.45, 2.75) is 227 Å². The van der Waals surface area contributed by atoms with Crippen LogP contribution in [0.15, 0.2) is 0 Å². The summed E-state index contributed by atoms with van der Waals surface area (Å²) in [5.74, 6) is 0.730. The summed E-state index contributed by atoms with van der Waals surface area (Å²) in [6, 6.07) is 0. The molecule has 0 spiro atoms. The van der Waals surface area contributed by atoms with Gasteiger partial charge in [0.15, 0.2) is 6.10 Å². The lowest BCUT2D eigenvalue weighted by atomic mass is 10.0. The second-order valence-corrected chi connectivity index (χ2v) is 15.2. The molecule has 1 atom stereocenters. The van der Waals surface area contributed by atoms with E-state index in [4.69, 9.17) is 14.2 Å². The highest BCUT2D eigenvalue weighted by Gasteiger charge is 2.19. The van der Waals surface area contributed by atoms with Gasteiger partial charge in [0.1, 0.15) is 13.2 Å². The van der Waals surface area contributed by atoms with E-state index in [1.165, 1.54) is 109 Å². The van der Waals surface area contributed by atoms with Gasteiger partial charge < -0.3 is 14.2 Å². The number of unbranched alkanes of at least 4 members (excludes halogenated alkanes) is 21. The van der Waals surface area contributed by atoms with Crippen LogP contribution in [0, 0.1) is 11.8 Å². The number of esters is 3. The number of hydrogen-bond acceptors (Lipinski definition) is 6. The molecule has 0 aromatic carbocycles. The van der Waals surface area contributed by atoms with Gasteiger partial charge in [-0.1, -0.05) is 182 Å². The summed E-state index contributed by atoms with van der Waals surface area (Å²) in [4.78, 5) is 37.4. The summed E-state index contributed by atoms with van der Waals surface area (Å²) in [6.45, 7) is 11.2. The molecule has 6 nitrogen and oxygen atoms in total. The topological polar surface area (TPSA) is 78.9 Å². The lowest BCUT2D eigenvalue weighted by Gasteiger charge is -2.18. The molecule has 0 amide bonds. The SMILES string of the molecule is CCCCCCCCCC(=O)OC[C@@H](COC(=O)CCCCCCCCCCCC(C)C)OC(=O)CCCCCCCCCCC(C)C. The maximum atomic E-state index is 12.6. The van der Waals surface area contributed by atoms with Crippen molar-refractivity contribution < 1.29 is 28.6 Å². The van der Waals surface area contributed by atoms with Crippen LogP contribution in [-0.4, -0.2) is 37.2 Å². The predicted octanol–water partition coefficient (Wildman–Crippen LogP) is 12.6. The molecule has 0 aliphatic heterocycles. The average molecular weight is 681 g/mol. The number of ether oxygens (including phenoxy) is 3. The van der Waals surface area contributed by atoms with E-state index < -0.39 is 6.10 Å². The van der Waals surface area contributed by atoms with Gasteiger partial charge in [0.05, 0.1) is 0 Å². The van der Waals surface area contributed by atoms with Gasteiger partial charge in [0, 0.05) is 19.3 Å². The fourth-order valence-corrected chi connectivity index (χ4v) is 6.05. The van der Waals surface area contributed by atoms with Crippen LogP contribution < -0.4 is 0 Å². The lowest BCUT2D eigenvalue weighted by molar-refractivity contribution is -0.167. The maximum absolute atomic E-state index is 12.6. The fourth-order valence-electron chi connectivity index (χ4n) is 6.05. The van der Waals surface area contributed by atoms with Crippen molar-refractivity contribution in [3.05, 3.63) is 0 Å². The first kappa shape index (κ1) is 46.4. The van der Waals surface area contributed by atoms with Gasteiger partial charge in [-0.05, 0) is 31.1 Å². The van der Waals surface area contributed by atoms with Crippen LogP contribution in [0.3, 0.4) is 0 Å². The quantitative estimate of drug-likeness (QED) is 0.0372. The second-order valence-electron chi connectivity index (χ2n) is 15.2. The van der Waals surface area contributed by atoms with E-state index in [2.05, 4.69) is 34.6 Å². The Balaban J connectivity index is 4.32. The minimum absolute atomic E-state index is 0.0666. The molecule has 0 aromatic heterocycles. The van der Waals surface area contributed by atoms with E-state index in [1.807, 2.05) is 0 Å². The Hall–Kier alpha value is -1.59. The van der Waals surface area contributed by atoms with E-state index in [9.17, 15) is 14.4 Å². The van der Waals surface area contributed by atoms with Crippen LogP contribution >= 0.6 is 0 Å². The number of rotatable bonds is 36. The predicted molar refractivity (Wildman–Crippen MR) is 201 cm³/mol. The summed E-state index contributed by atoms with van der Waals surface area (Å²) in [7, 11) is 0. The largest absolute Gasteiger partial charge is 0.462 e. The fraction of sp³-hybridized carbons (Fsp3) is 0.929. The van der Waals surface area contributed by atoms with Gasteiger partial charge in [-0.25, -0.2) is 0 Å². The molecule has 0 saturated carbocycles. The maximum Gasteiger partial charge on any atom is 0.306 e. The van der Waals surface area contributed by atoms with Crippen molar-refractivity contribution in [2.24, 2.45) is 11.8 Å². The van der Waals surface area contributed by atoms with E-state index in [1.54, 1.807) is 0 Å². The average Bonchev–Trinajstić information content (AvgIpc) is 3.04. The van der Waals surface area contributed by atoms with Crippen LogP contribution in [0.5, 0.6) is 0 Å². The van der Waals surface area contributed by atoms with Gasteiger partial charge >= 0.3 is 17.9 Å². The Kier molecular flexibility index (Phi) is 34.1. The summed E-state index contributed by atoms with van der Waals surface area (Å²) in [5, 5.41) is 0. The van der Waals surface area contributed by atoms with Crippen LogP contribution in [0.2, 0.25) is 0 Å². The van der Waals surface area contributed by atoms with Crippen molar-refractivity contribution in [1.82, 2.24) is 0 Å². The van der Waals surface area contributed by atoms with Crippen molar-refractivity contribution in [3.63, 3.8) is 0 Å². The normalized spacial score (nSPS) is 12.1. The molecule has 0 bridgehead atoms. The zero-order valence-electron chi connectivity index (χ0n) is 32.6. The third kappa shape index (κ3) is 35.7. The molecule has 284 valence electrons. The minimum Gasteiger partial charge on any atom is -0.462 e. The molecule has 48 heavy (non-hydrogen) atoms. The van der Waals surface area contributed by atoms with Crippen molar-refractivity contribution in [1.29, 1.82) is 0 Å². The van der Waals surface area contributed by atoms with E-state index in [0.29, 0.717) is 19.3 Å². The number of hydrogen-bond donors (Lipinski definition) is 0. The molecule has 0 aliphatic carbocycles. The molecule has 0 N–H and O–H groups in total. The van der Waals surface area contributed by atoms with Gasteiger partial charge in [-0.15, -0.1) is 0 Å². The van der Waals surface area contributed by atoms with Crippen LogP contribution in [-0.2, 0) is 28.6 Å². The Labute approximate surface area is 298 Å². The zero-order valence-corrected chi connectivity index (χ0v) is 32.6. The molecule has 0 unspecified atom stereocenters. The Morgan fingerprint density at radius 2 is 0.688 bits per heavy atom. The van der Waals surface area contributed by atoms with Crippen LogP contribution in [0.25, 0.3) is 0 Å². The molecular formula is C42H80O6. The lowest BCUT2D eigenvalue weighted by Crippen LogP contribution is -2.30. The highest BCUT2D eigenvalue weighted by atomic mass is 16.6. The third-order valence-electron chi connectivity index (χ3n) is 9.22. The van der Waals surface area contributed by atoms with Crippen molar-refractivity contribution >= 4 is 17.9 Å². The Bertz CT molecular complexity index is 734. The summed E-state index contributed by atoms with van der Waals surface area (Å²) >= 11 is 0. The van der Waals surface area contributed by atoms with Crippen molar-refractivity contribution in [3.8, 4) is 0 Å². The molecule has 0 radical (unpaired) electrons. The summed E-state index contributed by atoms with van der Waals surface area (Å²) in [5.41, 5.74) is 0. The minimum atomic E-state index is -0.758. The molecule has 6 heteroatoms. The second kappa shape index (κ2) is 35.2. The number of carbonyl (C=O) groups is 3. The monoisotopic (exact) mass is 681 g/mol. The van der Waals surface area contributed by atoms with Gasteiger partial charge in [0.2, 0.25) is 0 Å². The first-order valence-electron chi connectivity index (χ1n) is 20.7.